The number of fused-ring (bicyclic) bond motifs is 1. The monoisotopic (exact) mass is 388 g/mol. The van der Waals surface area contributed by atoms with Crippen molar-refractivity contribution in [3.63, 3.8) is 0 Å². The van der Waals surface area contributed by atoms with E-state index >= 15 is 0 Å². The summed E-state index contributed by atoms with van der Waals surface area (Å²) in [4.78, 5) is 32.8. The molecule has 2 fully saturated rings. The van der Waals surface area contributed by atoms with E-state index < -0.39 is 11.9 Å². The van der Waals surface area contributed by atoms with Crippen LogP contribution in [0.15, 0.2) is 18.2 Å². The third-order valence-electron chi connectivity index (χ3n) is 6.05. The summed E-state index contributed by atoms with van der Waals surface area (Å²) in [5.74, 6) is -0.978. The Labute approximate surface area is 162 Å². The lowest BCUT2D eigenvalue weighted by atomic mass is 9.73. The Morgan fingerprint density at radius 3 is 2.89 bits per heavy atom. The van der Waals surface area contributed by atoms with Crippen molar-refractivity contribution >= 4 is 17.5 Å². The molecule has 7 nitrogen and oxygen atoms in total. The normalized spacial score (nSPS) is 23.0. The van der Waals surface area contributed by atoms with E-state index in [0.717, 1.165) is 12.8 Å². The Hall–Kier alpha value is -2.48. The second-order valence-electron chi connectivity index (χ2n) is 7.98. The molecule has 8 heteroatoms. The molecule has 0 bridgehead atoms. The van der Waals surface area contributed by atoms with Crippen molar-refractivity contribution in [1.29, 1.82) is 0 Å². The first-order valence-electron chi connectivity index (χ1n) is 9.76. The zero-order valence-corrected chi connectivity index (χ0v) is 16.0. The minimum Gasteiger partial charge on any atom is -0.395 e. The number of halogens is 1. The van der Waals surface area contributed by atoms with Crippen LogP contribution >= 0.6 is 0 Å². The summed E-state index contributed by atoms with van der Waals surface area (Å²) in [7, 11) is 0. The van der Waals surface area contributed by atoms with Crippen LogP contribution in [-0.2, 0) is 4.79 Å². The number of aliphatic hydroxyl groups is 1. The van der Waals surface area contributed by atoms with E-state index in [1.54, 1.807) is 34.9 Å². The highest BCUT2D eigenvalue weighted by Crippen LogP contribution is 2.39. The van der Waals surface area contributed by atoms with Crippen molar-refractivity contribution in [2.24, 2.45) is 5.41 Å². The number of likely N-dealkylation sites (tertiary alicyclic amines) is 2. The Morgan fingerprint density at radius 2 is 2.14 bits per heavy atom. The number of aromatic nitrogens is 2. The van der Waals surface area contributed by atoms with E-state index in [0.29, 0.717) is 50.4 Å². The number of amides is 2. The van der Waals surface area contributed by atoms with Crippen molar-refractivity contribution in [2.45, 2.75) is 32.6 Å². The highest BCUT2D eigenvalue weighted by Gasteiger charge is 2.43. The number of carbonyl (C=O) groups excluding carboxylic acids is 2. The molecule has 28 heavy (non-hydrogen) atoms. The van der Waals surface area contributed by atoms with E-state index in [1.165, 1.54) is 4.40 Å². The third-order valence-corrected chi connectivity index (χ3v) is 6.05. The lowest BCUT2D eigenvalue weighted by Crippen LogP contribution is -2.55. The number of β-amino-alcohol motifs (C(OH)–C–C–N with tert-alkyl or cyclic N) is 1. The Morgan fingerprint density at radius 1 is 1.32 bits per heavy atom. The highest BCUT2D eigenvalue weighted by atomic mass is 19.1. The Balaban J connectivity index is 1.58. The van der Waals surface area contributed by atoms with Crippen molar-refractivity contribution in [2.75, 3.05) is 32.8 Å². The quantitative estimate of drug-likeness (QED) is 0.867. The van der Waals surface area contributed by atoms with E-state index in [-0.39, 0.29) is 23.6 Å². The van der Waals surface area contributed by atoms with Crippen LogP contribution < -0.4 is 0 Å². The predicted molar refractivity (Wildman–Crippen MR) is 100 cm³/mol. The van der Waals surface area contributed by atoms with Gasteiger partial charge in [-0.2, -0.15) is 4.39 Å². The van der Waals surface area contributed by atoms with Crippen LogP contribution in [0.2, 0.25) is 0 Å². The van der Waals surface area contributed by atoms with Gasteiger partial charge in [0.05, 0.1) is 6.61 Å². The van der Waals surface area contributed by atoms with Crippen molar-refractivity contribution < 1.29 is 19.1 Å². The molecule has 150 valence electrons. The maximum absolute atomic E-state index is 14.9. The summed E-state index contributed by atoms with van der Waals surface area (Å²) in [5.41, 5.74) is 0.764. The number of carbonyl (C=O) groups is 2. The first kappa shape index (κ1) is 18.9. The van der Waals surface area contributed by atoms with Crippen LogP contribution in [0.4, 0.5) is 4.39 Å². The van der Waals surface area contributed by atoms with Gasteiger partial charge in [-0.3, -0.25) is 14.0 Å². The zero-order chi connectivity index (χ0) is 19.9. The lowest BCUT2D eigenvalue weighted by molar-refractivity contribution is -0.139. The maximum Gasteiger partial charge on any atom is 0.277 e. The van der Waals surface area contributed by atoms with E-state index in [1.807, 2.05) is 0 Å². The number of aliphatic hydroxyl groups excluding tert-OH is 1. The number of hydrogen-bond donors (Lipinski definition) is 1. The SMILES string of the molecule is Cc1cccc2nc(C(=O)N3CCC[C@]4(CCC(=O)N(CCO)C4)C3)c(F)n12. The molecule has 0 aliphatic carbocycles. The molecule has 0 radical (unpaired) electrons. The number of hydrogen-bond acceptors (Lipinski definition) is 4. The first-order valence-corrected chi connectivity index (χ1v) is 9.76. The number of rotatable bonds is 3. The van der Waals surface area contributed by atoms with Gasteiger partial charge in [-0.05, 0) is 38.3 Å². The predicted octanol–water partition coefficient (Wildman–Crippen LogP) is 1.62. The summed E-state index contributed by atoms with van der Waals surface area (Å²) in [6.07, 6.45) is 2.86. The molecule has 0 unspecified atom stereocenters. The summed E-state index contributed by atoms with van der Waals surface area (Å²) in [5, 5.41) is 9.22. The van der Waals surface area contributed by atoms with Gasteiger partial charge in [0.15, 0.2) is 5.69 Å². The van der Waals surface area contributed by atoms with Crippen LogP contribution in [-0.4, -0.2) is 68.9 Å². The first-order chi connectivity index (χ1) is 13.4. The van der Waals surface area contributed by atoms with Crippen molar-refractivity contribution in [3.8, 4) is 0 Å². The molecule has 2 aliphatic rings. The molecule has 1 spiro atoms. The van der Waals surface area contributed by atoms with Gasteiger partial charge in [0.1, 0.15) is 5.65 Å². The maximum atomic E-state index is 14.9. The largest absolute Gasteiger partial charge is 0.395 e. The average Bonchev–Trinajstić information content (AvgIpc) is 3.02. The van der Waals surface area contributed by atoms with Gasteiger partial charge < -0.3 is 14.9 Å². The zero-order valence-electron chi connectivity index (χ0n) is 16.0. The number of pyridine rings is 1. The smallest absolute Gasteiger partial charge is 0.277 e. The molecular formula is C20H25FN4O3. The Kier molecular flexibility index (Phi) is 4.82. The molecule has 4 rings (SSSR count). The molecule has 2 aromatic rings. The number of nitrogens with zero attached hydrogens (tertiary/aromatic N) is 4. The van der Waals surface area contributed by atoms with Gasteiger partial charge in [-0.25, -0.2) is 4.98 Å². The fourth-order valence-electron chi connectivity index (χ4n) is 4.64. The lowest BCUT2D eigenvalue weighted by Gasteiger charge is -2.48. The molecule has 0 saturated carbocycles. The van der Waals surface area contributed by atoms with Gasteiger partial charge >= 0.3 is 0 Å². The molecule has 2 saturated heterocycles. The Bertz CT molecular complexity index is 928. The molecule has 0 aromatic carbocycles. The minimum absolute atomic E-state index is 0.0463. The van der Waals surface area contributed by atoms with Crippen LogP contribution in [0.5, 0.6) is 0 Å². The number of piperidine rings is 2. The van der Waals surface area contributed by atoms with Gasteiger partial charge in [0.25, 0.3) is 5.91 Å². The fourth-order valence-corrected chi connectivity index (χ4v) is 4.64. The molecule has 1 N–H and O–H groups in total. The van der Waals surface area contributed by atoms with Gasteiger partial charge in [0, 0.05) is 43.7 Å². The highest BCUT2D eigenvalue weighted by molar-refractivity contribution is 5.93. The van der Waals surface area contributed by atoms with Crippen LogP contribution in [0.1, 0.15) is 41.9 Å². The standard InChI is InChI=1S/C20H25FN4O3/c1-14-4-2-5-15-22-17(18(21)25(14)15)19(28)24-9-3-7-20(13-24)8-6-16(27)23(12-20)10-11-26/h2,4-5,26H,3,6-13H2,1H3/t20-/m1/s1. The molecule has 2 aliphatic heterocycles. The fraction of sp³-hybridized carbons (Fsp3) is 0.550. The molecule has 2 amide bonds. The van der Waals surface area contributed by atoms with E-state index in [4.69, 9.17) is 0 Å². The average molecular weight is 388 g/mol. The number of imidazole rings is 1. The summed E-state index contributed by atoms with van der Waals surface area (Å²) in [6.45, 7) is 3.58. The van der Waals surface area contributed by atoms with E-state index in [9.17, 15) is 19.1 Å². The third kappa shape index (κ3) is 3.15. The number of aryl methyl sites for hydroxylation is 1. The van der Waals surface area contributed by atoms with Crippen LogP contribution in [0.3, 0.4) is 0 Å². The molecule has 1 atom stereocenters. The molecule has 4 heterocycles. The summed E-state index contributed by atoms with van der Waals surface area (Å²) < 4.78 is 16.3. The summed E-state index contributed by atoms with van der Waals surface area (Å²) in [6, 6.07) is 5.25. The van der Waals surface area contributed by atoms with Crippen molar-refractivity contribution in [3.05, 3.63) is 35.5 Å². The second-order valence-corrected chi connectivity index (χ2v) is 7.98. The van der Waals surface area contributed by atoms with E-state index in [2.05, 4.69) is 4.98 Å². The van der Waals surface area contributed by atoms with Gasteiger partial charge in [-0.1, -0.05) is 6.07 Å². The summed E-state index contributed by atoms with van der Waals surface area (Å²) >= 11 is 0. The van der Waals surface area contributed by atoms with Gasteiger partial charge in [0.2, 0.25) is 11.9 Å². The topological polar surface area (TPSA) is 78.2 Å². The molecular weight excluding hydrogens is 363 g/mol. The van der Waals surface area contributed by atoms with Crippen molar-refractivity contribution in [1.82, 2.24) is 19.2 Å². The molecule has 2 aromatic heterocycles. The second kappa shape index (κ2) is 7.16. The van der Waals surface area contributed by atoms with Gasteiger partial charge in [-0.15, -0.1) is 0 Å². The minimum atomic E-state index is -0.626. The van der Waals surface area contributed by atoms with Crippen LogP contribution in [0, 0.1) is 18.3 Å². The van der Waals surface area contributed by atoms with Crippen LogP contribution in [0.25, 0.3) is 5.65 Å².